The van der Waals surface area contributed by atoms with Crippen LogP contribution in [-0.2, 0) is 10.9 Å². The summed E-state index contributed by atoms with van der Waals surface area (Å²) in [5.74, 6) is 0.0451. The average molecular weight is 277 g/mol. The van der Waals surface area contributed by atoms with E-state index >= 15 is 0 Å². The predicted molar refractivity (Wildman–Crippen MR) is 58.3 cm³/mol. The molecule has 0 radical (unpaired) electrons. The normalized spacial score (nSPS) is 15.7. The summed E-state index contributed by atoms with van der Waals surface area (Å²) in [4.78, 5) is 10.6. The van der Waals surface area contributed by atoms with Crippen LogP contribution in [0.5, 0.6) is 5.75 Å². The highest BCUT2D eigenvalue weighted by molar-refractivity contribution is 5.85. The van der Waals surface area contributed by atoms with Crippen molar-refractivity contribution in [3.8, 4) is 5.75 Å². The number of ether oxygens (including phenoxy) is 2. The number of rotatable bonds is 3. The van der Waals surface area contributed by atoms with Crippen LogP contribution in [0.25, 0.3) is 0 Å². The first-order chi connectivity index (χ1) is 8.86. The van der Waals surface area contributed by atoms with Crippen molar-refractivity contribution in [2.75, 3.05) is 18.5 Å². The van der Waals surface area contributed by atoms with Crippen molar-refractivity contribution >= 4 is 11.8 Å². The van der Waals surface area contributed by atoms with Gasteiger partial charge in [-0.25, -0.2) is 4.79 Å². The van der Waals surface area contributed by atoms with Crippen molar-refractivity contribution in [2.45, 2.75) is 12.3 Å². The Morgan fingerprint density at radius 3 is 2.58 bits per heavy atom. The smallest absolute Gasteiger partial charge is 0.416 e. The second-order valence-corrected chi connectivity index (χ2v) is 3.92. The molecule has 2 N–H and O–H groups in total. The molecule has 1 aliphatic rings. The SMILES string of the molecule is O=C(O)Nc1cc(C(F)(F)F)ccc1OC1COC1. The maximum Gasteiger partial charge on any atom is 0.416 e. The fourth-order valence-electron chi connectivity index (χ4n) is 1.48. The van der Waals surface area contributed by atoms with Gasteiger partial charge in [0.05, 0.1) is 24.5 Å². The van der Waals surface area contributed by atoms with Gasteiger partial charge < -0.3 is 14.6 Å². The van der Waals surface area contributed by atoms with Gasteiger partial charge in [0.15, 0.2) is 0 Å². The average Bonchev–Trinajstić information content (AvgIpc) is 2.22. The fourth-order valence-corrected chi connectivity index (χ4v) is 1.48. The van der Waals surface area contributed by atoms with E-state index in [0.717, 1.165) is 12.1 Å². The molecule has 19 heavy (non-hydrogen) atoms. The Bertz CT molecular complexity index is 485. The Balaban J connectivity index is 2.27. The number of hydrogen-bond acceptors (Lipinski definition) is 3. The Morgan fingerprint density at radius 1 is 1.42 bits per heavy atom. The van der Waals surface area contributed by atoms with Gasteiger partial charge >= 0.3 is 12.3 Å². The largest absolute Gasteiger partial charge is 0.483 e. The molecule has 8 heteroatoms. The molecule has 1 aliphatic heterocycles. The molecule has 0 unspecified atom stereocenters. The van der Waals surface area contributed by atoms with Gasteiger partial charge in [-0.05, 0) is 18.2 Å². The summed E-state index contributed by atoms with van der Waals surface area (Å²) in [6, 6.07) is 2.62. The van der Waals surface area contributed by atoms with Crippen molar-refractivity contribution in [3.05, 3.63) is 23.8 Å². The molecule has 0 bridgehead atoms. The minimum absolute atomic E-state index is 0.0451. The summed E-state index contributed by atoms with van der Waals surface area (Å²) in [6.45, 7) is 0.654. The quantitative estimate of drug-likeness (QED) is 0.891. The summed E-state index contributed by atoms with van der Waals surface area (Å²) in [6.07, 6.45) is -6.28. The molecule has 0 aliphatic carbocycles. The van der Waals surface area contributed by atoms with E-state index in [2.05, 4.69) is 0 Å². The summed E-state index contributed by atoms with van der Waals surface area (Å²) in [5.41, 5.74) is -1.19. The number of amides is 1. The summed E-state index contributed by atoms with van der Waals surface area (Å²) in [7, 11) is 0. The minimum atomic E-state index is -4.55. The van der Waals surface area contributed by atoms with Crippen LogP contribution in [0.2, 0.25) is 0 Å². The van der Waals surface area contributed by atoms with Crippen LogP contribution in [0.4, 0.5) is 23.7 Å². The van der Waals surface area contributed by atoms with E-state index < -0.39 is 17.8 Å². The Morgan fingerprint density at radius 2 is 2.11 bits per heavy atom. The Kier molecular flexibility index (Phi) is 3.52. The molecule has 5 nitrogen and oxygen atoms in total. The molecule has 0 atom stereocenters. The highest BCUT2D eigenvalue weighted by Gasteiger charge is 2.32. The summed E-state index contributed by atoms with van der Waals surface area (Å²) >= 11 is 0. The number of nitrogens with one attached hydrogen (secondary N) is 1. The lowest BCUT2D eigenvalue weighted by atomic mass is 10.1. The van der Waals surface area contributed by atoms with E-state index in [1.54, 1.807) is 0 Å². The molecule has 0 aromatic heterocycles. The van der Waals surface area contributed by atoms with Crippen LogP contribution in [0, 0.1) is 0 Å². The number of anilines is 1. The molecule has 1 heterocycles. The zero-order chi connectivity index (χ0) is 14.0. The maximum atomic E-state index is 12.5. The van der Waals surface area contributed by atoms with E-state index in [1.807, 2.05) is 5.32 Å². The second kappa shape index (κ2) is 4.96. The van der Waals surface area contributed by atoms with E-state index in [-0.39, 0.29) is 17.5 Å². The maximum absolute atomic E-state index is 12.5. The van der Waals surface area contributed by atoms with E-state index in [4.69, 9.17) is 14.6 Å². The summed E-state index contributed by atoms with van der Waals surface area (Å²) < 4.78 is 47.8. The van der Waals surface area contributed by atoms with Crippen LogP contribution < -0.4 is 10.1 Å². The summed E-state index contributed by atoms with van der Waals surface area (Å²) in [5, 5.41) is 10.5. The molecule has 1 amide bonds. The van der Waals surface area contributed by atoms with Crippen LogP contribution in [0.15, 0.2) is 18.2 Å². The number of hydrogen-bond donors (Lipinski definition) is 2. The van der Waals surface area contributed by atoms with Gasteiger partial charge in [0.1, 0.15) is 11.9 Å². The van der Waals surface area contributed by atoms with Crippen LogP contribution in [0.3, 0.4) is 0 Å². The number of alkyl halides is 3. The van der Waals surface area contributed by atoms with Gasteiger partial charge in [0.25, 0.3) is 0 Å². The van der Waals surface area contributed by atoms with Crippen LogP contribution in [0.1, 0.15) is 5.56 Å². The van der Waals surface area contributed by atoms with Crippen molar-refractivity contribution in [3.63, 3.8) is 0 Å². The topological polar surface area (TPSA) is 67.8 Å². The van der Waals surface area contributed by atoms with Gasteiger partial charge in [-0.2, -0.15) is 13.2 Å². The van der Waals surface area contributed by atoms with Gasteiger partial charge in [-0.1, -0.05) is 0 Å². The van der Waals surface area contributed by atoms with Crippen molar-refractivity contribution in [1.82, 2.24) is 0 Å². The molecule has 0 spiro atoms. The Hall–Kier alpha value is -1.96. The number of carbonyl (C=O) groups is 1. The van der Waals surface area contributed by atoms with Crippen molar-refractivity contribution in [2.24, 2.45) is 0 Å². The van der Waals surface area contributed by atoms with Gasteiger partial charge in [-0.15, -0.1) is 0 Å². The molecule has 1 saturated heterocycles. The first-order valence-electron chi connectivity index (χ1n) is 5.32. The van der Waals surface area contributed by atoms with Gasteiger partial charge in [-0.3, -0.25) is 5.32 Å². The zero-order valence-corrected chi connectivity index (χ0v) is 9.53. The third kappa shape index (κ3) is 3.28. The third-order valence-corrected chi connectivity index (χ3v) is 2.45. The number of benzene rings is 1. The van der Waals surface area contributed by atoms with Crippen LogP contribution >= 0.6 is 0 Å². The molecule has 1 aromatic rings. The molecular formula is C11H10F3NO4. The molecular weight excluding hydrogens is 267 g/mol. The van der Waals surface area contributed by atoms with Crippen molar-refractivity contribution in [1.29, 1.82) is 0 Å². The fraction of sp³-hybridized carbons (Fsp3) is 0.364. The van der Waals surface area contributed by atoms with Gasteiger partial charge in [0, 0.05) is 0 Å². The van der Waals surface area contributed by atoms with Gasteiger partial charge in [0.2, 0.25) is 0 Å². The highest BCUT2D eigenvalue weighted by atomic mass is 19.4. The number of carboxylic acid groups (broad SMARTS) is 1. The molecule has 0 saturated carbocycles. The second-order valence-electron chi connectivity index (χ2n) is 3.92. The van der Waals surface area contributed by atoms with Crippen molar-refractivity contribution < 1.29 is 32.5 Å². The first-order valence-corrected chi connectivity index (χ1v) is 5.32. The Labute approximate surface area is 105 Å². The standard InChI is InChI=1S/C11H10F3NO4/c12-11(13,14)6-1-2-9(19-7-4-18-5-7)8(3-6)15-10(16)17/h1-3,7,15H,4-5H2,(H,16,17). The third-order valence-electron chi connectivity index (χ3n) is 2.45. The first kappa shape index (κ1) is 13.5. The monoisotopic (exact) mass is 277 g/mol. The molecule has 2 rings (SSSR count). The van der Waals surface area contributed by atoms with E-state index in [0.29, 0.717) is 19.3 Å². The van der Waals surface area contributed by atoms with E-state index in [1.165, 1.54) is 0 Å². The molecule has 1 aromatic carbocycles. The lowest BCUT2D eigenvalue weighted by Crippen LogP contribution is -2.38. The lowest BCUT2D eigenvalue weighted by Gasteiger charge is -2.27. The lowest BCUT2D eigenvalue weighted by molar-refractivity contribution is -0.137. The zero-order valence-electron chi connectivity index (χ0n) is 9.53. The van der Waals surface area contributed by atoms with E-state index in [9.17, 15) is 18.0 Å². The molecule has 104 valence electrons. The highest BCUT2D eigenvalue weighted by Crippen LogP contribution is 2.35. The minimum Gasteiger partial charge on any atom is -0.483 e. The molecule has 1 fully saturated rings. The van der Waals surface area contributed by atoms with Crippen LogP contribution in [-0.4, -0.2) is 30.5 Å². The number of halogens is 3. The predicted octanol–water partition coefficient (Wildman–Crippen LogP) is 2.57.